The number of nitriles is 1. The number of carbonyl (C=O) groups excluding carboxylic acids is 1. The first-order chi connectivity index (χ1) is 7.69. The van der Waals surface area contributed by atoms with Gasteiger partial charge in [0.05, 0.1) is 19.6 Å². The lowest BCUT2D eigenvalue weighted by Gasteiger charge is -2.07. The normalized spacial score (nSPS) is 9.31. The number of nitrogens with one attached hydrogen (secondary N) is 1. The molecular formula is C12H14N2O2. The number of ether oxygens (including phenoxy) is 1. The van der Waals surface area contributed by atoms with Crippen molar-refractivity contribution in [1.29, 1.82) is 5.26 Å². The monoisotopic (exact) mass is 218 g/mol. The van der Waals surface area contributed by atoms with E-state index in [0.717, 1.165) is 5.56 Å². The molecule has 84 valence electrons. The van der Waals surface area contributed by atoms with Crippen molar-refractivity contribution in [3.63, 3.8) is 0 Å². The molecule has 0 saturated heterocycles. The molecule has 0 atom stereocenters. The van der Waals surface area contributed by atoms with Crippen LogP contribution >= 0.6 is 0 Å². The minimum Gasteiger partial charge on any atom is -0.496 e. The van der Waals surface area contributed by atoms with Crippen LogP contribution in [0.5, 0.6) is 5.75 Å². The molecule has 16 heavy (non-hydrogen) atoms. The summed E-state index contributed by atoms with van der Waals surface area (Å²) in [6.45, 7) is 2.28. The van der Waals surface area contributed by atoms with E-state index in [9.17, 15) is 4.79 Å². The number of amides is 1. The van der Waals surface area contributed by atoms with Crippen LogP contribution in [0.2, 0.25) is 0 Å². The van der Waals surface area contributed by atoms with Crippen LogP contribution in [0.3, 0.4) is 0 Å². The van der Waals surface area contributed by atoms with Crippen molar-refractivity contribution in [3.8, 4) is 11.8 Å². The van der Waals surface area contributed by atoms with Gasteiger partial charge in [-0.2, -0.15) is 5.26 Å². The third-order valence-corrected chi connectivity index (χ3v) is 2.19. The van der Waals surface area contributed by atoms with E-state index in [1.165, 1.54) is 0 Å². The Bertz CT molecular complexity index is 422. The molecule has 0 aliphatic rings. The van der Waals surface area contributed by atoms with Crippen molar-refractivity contribution in [3.05, 3.63) is 29.3 Å². The van der Waals surface area contributed by atoms with Crippen LogP contribution in [0.25, 0.3) is 0 Å². The van der Waals surface area contributed by atoms with Crippen LogP contribution in [0.4, 0.5) is 0 Å². The van der Waals surface area contributed by atoms with E-state index < -0.39 is 0 Å². The first-order valence-electron chi connectivity index (χ1n) is 4.99. The molecule has 0 aliphatic carbocycles. The summed E-state index contributed by atoms with van der Waals surface area (Å²) in [6.07, 6.45) is 0.314. The number of carbonyl (C=O) groups is 1. The smallest absolute Gasteiger partial charge is 0.251 e. The topological polar surface area (TPSA) is 62.1 Å². The van der Waals surface area contributed by atoms with Gasteiger partial charge in [0.2, 0.25) is 0 Å². The van der Waals surface area contributed by atoms with Gasteiger partial charge in [0.25, 0.3) is 5.91 Å². The molecule has 1 N–H and O–H groups in total. The van der Waals surface area contributed by atoms with Gasteiger partial charge in [0.15, 0.2) is 0 Å². The molecule has 0 saturated carbocycles. The van der Waals surface area contributed by atoms with E-state index in [0.29, 0.717) is 24.3 Å². The third kappa shape index (κ3) is 2.99. The van der Waals surface area contributed by atoms with Crippen LogP contribution in [-0.4, -0.2) is 19.6 Å². The molecule has 0 heterocycles. The Kier molecular flexibility index (Phi) is 4.34. The molecule has 0 radical (unpaired) electrons. The van der Waals surface area contributed by atoms with E-state index in [-0.39, 0.29) is 5.91 Å². The van der Waals surface area contributed by atoms with Crippen LogP contribution < -0.4 is 10.1 Å². The molecule has 1 amide bonds. The molecule has 0 spiro atoms. The Morgan fingerprint density at radius 3 is 2.94 bits per heavy atom. The molecule has 4 nitrogen and oxygen atoms in total. The lowest BCUT2D eigenvalue weighted by Crippen LogP contribution is -2.24. The van der Waals surface area contributed by atoms with Crippen molar-refractivity contribution in [1.82, 2.24) is 5.32 Å². The average Bonchev–Trinajstić information content (AvgIpc) is 2.30. The van der Waals surface area contributed by atoms with Crippen LogP contribution in [0.15, 0.2) is 18.2 Å². The zero-order valence-electron chi connectivity index (χ0n) is 9.41. The van der Waals surface area contributed by atoms with Crippen molar-refractivity contribution < 1.29 is 9.53 Å². The van der Waals surface area contributed by atoms with Crippen LogP contribution in [0, 0.1) is 18.3 Å². The van der Waals surface area contributed by atoms with Gasteiger partial charge in [0, 0.05) is 12.1 Å². The number of nitrogens with zero attached hydrogens (tertiary/aromatic N) is 1. The predicted octanol–water partition coefficient (Wildman–Crippen LogP) is 1.65. The lowest BCUT2D eigenvalue weighted by atomic mass is 10.1. The van der Waals surface area contributed by atoms with Crippen molar-refractivity contribution >= 4 is 5.91 Å². The minimum absolute atomic E-state index is 0.187. The number of benzene rings is 1. The largest absolute Gasteiger partial charge is 0.496 e. The third-order valence-electron chi connectivity index (χ3n) is 2.19. The van der Waals surface area contributed by atoms with Gasteiger partial charge in [-0.3, -0.25) is 4.79 Å². The molecule has 0 bridgehead atoms. The molecule has 0 aromatic heterocycles. The van der Waals surface area contributed by atoms with Crippen molar-refractivity contribution in [2.75, 3.05) is 13.7 Å². The van der Waals surface area contributed by atoms with Gasteiger partial charge in [-0.15, -0.1) is 0 Å². The number of rotatable bonds is 4. The fraction of sp³-hybridized carbons (Fsp3) is 0.333. The van der Waals surface area contributed by atoms with Gasteiger partial charge in [-0.1, -0.05) is 6.07 Å². The standard InChI is InChI=1S/C12H14N2O2/c1-9-4-5-10(8-11(9)16-2)12(15)14-7-3-6-13/h4-5,8H,3,7H2,1-2H3,(H,14,15). The highest BCUT2D eigenvalue weighted by atomic mass is 16.5. The van der Waals surface area contributed by atoms with Crippen molar-refractivity contribution in [2.45, 2.75) is 13.3 Å². The first kappa shape index (κ1) is 12.1. The van der Waals surface area contributed by atoms with E-state index in [4.69, 9.17) is 10.00 Å². The van der Waals surface area contributed by atoms with E-state index in [1.54, 1.807) is 19.2 Å². The van der Waals surface area contributed by atoms with E-state index in [2.05, 4.69) is 5.32 Å². The van der Waals surface area contributed by atoms with Crippen molar-refractivity contribution in [2.24, 2.45) is 0 Å². The summed E-state index contributed by atoms with van der Waals surface area (Å²) in [5, 5.41) is 11.0. The summed E-state index contributed by atoms with van der Waals surface area (Å²) in [4.78, 5) is 11.6. The number of hydrogen-bond acceptors (Lipinski definition) is 3. The summed E-state index contributed by atoms with van der Waals surface area (Å²) in [7, 11) is 1.57. The second kappa shape index (κ2) is 5.76. The molecule has 0 aliphatic heterocycles. The highest BCUT2D eigenvalue weighted by Gasteiger charge is 2.07. The first-order valence-corrected chi connectivity index (χ1v) is 4.99. The molecule has 1 aromatic carbocycles. The molecule has 0 fully saturated rings. The molecule has 1 aromatic rings. The number of methoxy groups -OCH3 is 1. The van der Waals surface area contributed by atoms with Crippen LogP contribution in [0.1, 0.15) is 22.3 Å². The Morgan fingerprint density at radius 2 is 2.31 bits per heavy atom. The molecular weight excluding hydrogens is 204 g/mol. The van der Waals surface area contributed by atoms with Gasteiger partial charge >= 0.3 is 0 Å². The lowest BCUT2D eigenvalue weighted by molar-refractivity contribution is 0.0954. The summed E-state index contributed by atoms with van der Waals surface area (Å²) < 4.78 is 5.13. The second-order valence-corrected chi connectivity index (χ2v) is 3.35. The summed E-state index contributed by atoms with van der Waals surface area (Å²) >= 11 is 0. The SMILES string of the molecule is COc1cc(C(=O)NCCC#N)ccc1C. The summed E-state index contributed by atoms with van der Waals surface area (Å²) in [6, 6.07) is 7.23. The van der Waals surface area contributed by atoms with Gasteiger partial charge in [-0.05, 0) is 24.6 Å². The Balaban J connectivity index is 2.73. The van der Waals surface area contributed by atoms with Crippen LogP contribution in [-0.2, 0) is 0 Å². The molecule has 4 heteroatoms. The van der Waals surface area contributed by atoms with Gasteiger partial charge in [-0.25, -0.2) is 0 Å². The summed E-state index contributed by atoms with van der Waals surface area (Å²) in [5.74, 6) is 0.501. The fourth-order valence-electron chi connectivity index (χ4n) is 1.30. The highest BCUT2D eigenvalue weighted by Crippen LogP contribution is 2.18. The Labute approximate surface area is 94.8 Å². The summed E-state index contributed by atoms with van der Waals surface area (Å²) in [5.41, 5.74) is 1.52. The predicted molar refractivity (Wildman–Crippen MR) is 60.3 cm³/mol. The maximum atomic E-state index is 11.6. The van der Waals surface area contributed by atoms with Gasteiger partial charge in [0.1, 0.15) is 5.75 Å². The second-order valence-electron chi connectivity index (χ2n) is 3.35. The van der Waals surface area contributed by atoms with Gasteiger partial charge < -0.3 is 10.1 Å². The maximum absolute atomic E-state index is 11.6. The van der Waals surface area contributed by atoms with E-state index in [1.807, 2.05) is 19.1 Å². The molecule has 0 unspecified atom stereocenters. The minimum atomic E-state index is -0.187. The quantitative estimate of drug-likeness (QED) is 0.781. The Hall–Kier alpha value is -2.02. The number of hydrogen-bond donors (Lipinski definition) is 1. The molecule has 1 rings (SSSR count). The average molecular weight is 218 g/mol. The number of aryl methyl sites for hydroxylation is 1. The van der Waals surface area contributed by atoms with E-state index >= 15 is 0 Å². The zero-order chi connectivity index (χ0) is 12.0. The fourth-order valence-corrected chi connectivity index (χ4v) is 1.30. The maximum Gasteiger partial charge on any atom is 0.251 e. The zero-order valence-corrected chi connectivity index (χ0v) is 9.41. The highest BCUT2D eigenvalue weighted by molar-refractivity contribution is 5.94. The Morgan fingerprint density at radius 1 is 1.56 bits per heavy atom.